The van der Waals surface area contributed by atoms with E-state index in [4.69, 9.17) is 16.3 Å². The van der Waals surface area contributed by atoms with Crippen molar-refractivity contribution in [1.29, 1.82) is 0 Å². The molecular formula is C10H9ClF3NO. The van der Waals surface area contributed by atoms with Crippen molar-refractivity contribution in [2.45, 2.75) is 12.3 Å². The Kier molecular flexibility index (Phi) is 2.99. The van der Waals surface area contributed by atoms with Crippen LogP contribution >= 0.6 is 11.6 Å². The fourth-order valence-electron chi connectivity index (χ4n) is 1.36. The van der Waals surface area contributed by atoms with Crippen LogP contribution in [0.5, 0.6) is 5.75 Å². The van der Waals surface area contributed by atoms with Gasteiger partial charge in [-0.3, -0.25) is 0 Å². The summed E-state index contributed by atoms with van der Waals surface area (Å²) in [6.07, 6.45) is -4.68. The first-order valence-corrected chi connectivity index (χ1v) is 5.09. The average molecular weight is 252 g/mol. The Morgan fingerprint density at radius 2 is 2.00 bits per heavy atom. The maximum absolute atomic E-state index is 12.6. The quantitative estimate of drug-likeness (QED) is 0.873. The van der Waals surface area contributed by atoms with Crippen LogP contribution in [-0.2, 0) is 6.18 Å². The molecule has 16 heavy (non-hydrogen) atoms. The Bertz CT molecular complexity index is 390. The molecule has 1 fully saturated rings. The first-order chi connectivity index (χ1) is 7.48. The number of rotatable bonds is 2. The predicted octanol–water partition coefficient (Wildman–Crippen LogP) is 2.71. The highest BCUT2D eigenvalue weighted by atomic mass is 35.5. The molecule has 1 aliphatic heterocycles. The van der Waals surface area contributed by atoms with Gasteiger partial charge in [0.05, 0.1) is 10.6 Å². The van der Waals surface area contributed by atoms with Crippen molar-refractivity contribution in [3.63, 3.8) is 0 Å². The number of nitrogens with one attached hydrogen (secondary N) is 1. The number of para-hydroxylation sites is 1. The molecule has 1 aromatic rings. The van der Waals surface area contributed by atoms with E-state index in [1.165, 1.54) is 12.1 Å². The predicted molar refractivity (Wildman–Crippen MR) is 53.7 cm³/mol. The third-order valence-electron chi connectivity index (χ3n) is 2.30. The van der Waals surface area contributed by atoms with Gasteiger partial charge in [-0.05, 0) is 12.1 Å². The van der Waals surface area contributed by atoms with E-state index in [0.29, 0.717) is 13.1 Å². The lowest BCUT2D eigenvalue weighted by atomic mass is 10.1. The van der Waals surface area contributed by atoms with E-state index in [0.717, 1.165) is 6.07 Å². The molecule has 0 aliphatic carbocycles. The summed E-state index contributed by atoms with van der Waals surface area (Å²) in [7, 11) is 0. The molecule has 2 rings (SSSR count). The summed E-state index contributed by atoms with van der Waals surface area (Å²) in [4.78, 5) is 0. The number of hydrogen-bond acceptors (Lipinski definition) is 2. The van der Waals surface area contributed by atoms with Gasteiger partial charge >= 0.3 is 6.18 Å². The minimum atomic E-state index is -4.45. The van der Waals surface area contributed by atoms with Crippen molar-refractivity contribution in [2.24, 2.45) is 0 Å². The summed E-state index contributed by atoms with van der Waals surface area (Å²) in [5, 5.41) is 2.90. The second-order valence-electron chi connectivity index (χ2n) is 3.51. The molecule has 0 bridgehead atoms. The van der Waals surface area contributed by atoms with E-state index in [-0.39, 0.29) is 16.9 Å². The standard InChI is InChI=1S/C10H9ClF3NO/c11-8-3-1-2-7(10(12,13)14)9(8)16-6-4-15-5-6/h1-3,6,15H,4-5H2. The van der Waals surface area contributed by atoms with Crippen LogP contribution < -0.4 is 10.1 Å². The highest BCUT2D eigenvalue weighted by molar-refractivity contribution is 6.32. The molecule has 1 aliphatic rings. The molecule has 2 nitrogen and oxygen atoms in total. The van der Waals surface area contributed by atoms with E-state index in [1.807, 2.05) is 0 Å². The van der Waals surface area contributed by atoms with Crippen LogP contribution in [0.15, 0.2) is 18.2 Å². The highest BCUT2D eigenvalue weighted by Gasteiger charge is 2.36. The lowest BCUT2D eigenvalue weighted by molar-refractivity contribution is -0.139. The number of benzene rings is 1. The molecule has 1 heterocycles. The maximum atomic E-state index is 12.6. The number of ether oxygens (including phenoxy) is 1. The monoisotopic (exact) mass is 251 g/mol. The van der Waals surface area contributed by atoms with E-state index < -0.39 is 11.7 Å². The van der Waals surface area contributed by atoms with Crippen LogP contribution in [0.25, 0.3) is 0 Å². The molecule has 0 amide bonds. The van der Waals surface area contributed by atoms with Gasteiger partial charge in [0.15, 0.2) is 5.75 Å². The fourth-order valence-corrected chi connectivity index (χ4v) is 1.58. The molecule has 0 radical (unpaired) electrons. The van der Waals surface area contributed by atoms with E-state index in [2.05, 4.69) is 5.32 Å². The summed E-state index contributed by atoms with van der Waals surface area (Å²) >= 11 is 5.72. The van der Waals surface area contributed by atoms with Crippen molar-refractivity contribution >= 4 is 11.6 Å². The van der Waals surface area contributed by atoms with Crippen molar-refractivity contribution in [2.75, 3.05) is 13.1 Å². The first kappa shape index (κ1) is 11.5. The van der Waals surface area contributed by atoms with Gasteiger partial charge in [-0.15, -0.1) is 0 Å². The third-order valence-corrected chi connectivity index (χ3v) is 2.60. The topological polar surface area (TPSA) is 21.3 Å². The number of alkyl halides is 3. The molecule has 6 heteroatoms. The first-order valence-electron chi connectivity index (χ1n) is 4.71. The van der Waals surface area contributed by atoms with Gasteiger partial charge in [0.25, 0.3) is 0 Å². The molecular weight excluding hydrogens is 243 g/mol. The Hall–Kier alpha value is -0.940. The largest absolute Gasteiger partial charge is 0.486 e. The minimum absolute atomic E-state index is 0.0123. The van der Waals surface area contributed by atoms with Crippen LogP contribution in [-0.4, -0.2) is 19.2 Å². The van der Waals surface area contributed by atoms with Gasteiger partial charge in [0.2, 0.25) is 0 Å². The second kappa shape index (κ2) is 4.14. The van der Waals surface area contributed by atoms with Gasteiger partial charge in [-0.2, -0.15) is 13.2 Å². The summed E-state index contributed by atoms with van der Waals surface area (Å²) in [6, 6.07) is 3.61. The molecule has 0 saturated carbocycles. The van der Waals surface area contributed by atoms with Gasteiger partial charge in [-0.25, -0.2) is 0 Å². The van der Waals surface area contributed by atoms with Crippen LogP contribution in [0.1, 0.15) is 5.56 Å². The van der Waals surface area contributed by atoms with E-state index >= 15 is 0 Å². The third kappa shape index (κ3) is 2.25. The molecule has 1 aromatic carbocycles. The molecule has 0 unspecified atom stereocenters. The van der Waals surface area contributed by atoms with E-state index in [9.17, 15) is 13.2 Å². The molecule has 1 saturated heterocycles. The van der Waals surface area contributed by atoms with Crippen molar-refractivity contribution in [3.8, 4) is 5.75 Å². The Labute approximate surface area is 95.3 Å². The zero-order chi connectivity index (χ0) is 11.8. The van der Waals surface area contributed by atoms with Crippen LogP contribution in [0.4, 0.5) is 13.2 Å². The lowest BCUT2D eigenvalue weighted by Crippen LogP contribution is -2.50. The fraction of sp³-hybridized carbons (Fsp3) is 0.400. The van der Waals surface area contributed by atoms with Gasteiger partial charge in [0, 0.05) is 13.1 Å². The molecule has 0 spiro atoms. The van der Waals surface area contributed by atoms with Gasteiger partial charge in [0.1, 0.15) is 6.10 Å². The maximum Gasteiger partial charge on any atom is 0.420 e. The molecule has 0 aromatic heterocycles. The summed E-state index contributed by atoms with van der Waals surface area (Å²) in [6.45, 7) is 1.09. The van der Waals surface area contributed by atoms with Gasteiger partial charge < -0.3 is 10.1 Å². The number of halogens is 4. The van der Waals surface area contributed by atoms with Crippen LogP contribution in [0, 0.1) is 0 Å². The number of hydrogen-bond donors (Lipinski definition) is 1. The average Bonchev–Trinajstić information content (AvgIpc) is 2.11. The Morgan fingerprint density at radius 1 is 1.31 bits per heavy atom. The van der Waals surface area contributed by atoms with Crippen LogP contribution in [0.2, 0.25) is 5.02 Å². The summed E-state index contributed by atoms with van der Waals surface area (Å²) in [5.41, 5.74) is -0.827. The Morgan fingerprint density at radius 3 is 2.50 bits per heavy atom. The normalized spacial score (nSPS) is 17.0. The van der Waals surface area contributed by atoms with E-state index in [1.54, 1.807) is 0 Å². The lowest BCUT2D eigenvalue weighted by Gasteiger charge is -2.29. The van der Waals surface area contributed by atoms with Crippen molar-refractivity contribution in [1.82, 2.24) is 5.32 Å². The highest BCUT2D eigenvalue weighted by Crippen LogP contribution is 2.40. The molecule has 1 N–H and O–H groups in total. The van der Waals surface area contributed by atoms with Crippen molar-refractivity contribution in [3.05, 3.63) is 28.8 Å². The second-order valence-corrected chi connectivity index (χ2v) is 3.92. The molecule has 88 valence electrons. The zero-order valence-corrected chi connectivity index (χ0v) is 8.90. The smallest absolute Gasteiger partial charge is 0.420 e. The van der Waals surface area contributed by atoms with Gasteiger partial charge in [-0.1, -0.05) is 17.7 Å². The molecule has 0 atom stereocenters. The van der Waals surface area contributed by atoms with Crippen molar-refractivity contribution < 1.29 is 17.9 Å². The summed E-state index contributed by atoms with van der Waals surface area (Å²) in [5.74, 6) is -0.275. The minimum Gasteiger partial charge on any atom is -0.486 e. The summed E-state index contributed by atoms with van der Waals surface area (Å²) < 4.78 is 43.2. The Balaban J connectivity index is 2.32. The van der Waals surface area contributed by atoms with Crippen LogP contribution in [0.3, 0.4) is 0 Å². The zero-order valence-electron chi connectivity index (χ0n) is 8.14. The SMILES string of the molecule is FC(F)(F)c1cccc(Cl)c1OC1CNC1.